The Morgan fingerprint density at radius 3 is 2.14 bits per heavy atom. The van der Waals surface area contributed by atoms with Crippen LogP contribution >= 0.6 is 46.4 Å². The molecule has 42 heavy (non-hydrogen) atoms. The number of aromatic amines is 1. The standard InChI is InChI=1S/C27H24Cl4N2O9/c1-13-11-33(27(37)32-23(13)34)24-22(39-8-7-38-2)21(42-26(36)17-6-4-15(29)10-19(17)31)20(41-24)12-40-25(35)16-5-3-14(28)9-18(16)30/h3-6,9-11,20-22,24H,7-8,12H2,1-2H3,(H,32,34,37)/t20-,21-,22-,24-/m1/s1. The molecule has 1 fully saturated rings. The summed E-state index contributed by atoms with van der Waals surface area (Å²) in [6, 6.07) is 8.46. The Morgan fingerprint density at radius 1 is 0.929 bits per heavy atom. The molecule has 0 unspecified atom stereocenters. The van der Waals surface area contributed by atoms with Gasteiger partial charge in [0.2, 0.25) is 0 Å². The molecule has 0 bridgehead atoms. The minimum atomic E-state index is -1.24. The van der Waals surface area contributed by atoms with E-state index in [1.165, 1.54) is 56.6 Å². The minimum Gasteiger partial charge on any atom is -0.459 e. The number of rotatable bonds is 10. The van der Waals surface area contributed by atoms with Crippen LogP contribution in [0.5, 0.6) is 0 Å². The second kappa shape index (κ2) is 14.0. The maximum atomic E-state index is 13.3. The summed E-state index contributed by atoms with van der Waals surface area (Å²) < 4.78 is 29.6. The Hall–Kier alpha value is -2.90. The molecule has 2 heterocycles. The van der Waals surface area contributed by atoms with Crippen molar-refractivity contribution in [2.24, 2.45) is 0 Å². The highest BCUT2D eigenvalue weighted by molar-refractivity contribution is 6.37. The smallest absolute Gasteiger partial charge is 0.340 e. The highest BCUT2D eigenvalue weighted by Gasteiger charge is 2.50. The second-order valence-electron chi connectivity index (χ2n) is 9.09. The lowest BCUT2D eigenvalue weighted by atomic mass is 10.1. The van der Waals surface area contributed by atoms with Crippen molar-refractivity contribution in [2.45, 2.75) is 31.5 Å². The van der Waals surface area contributed by atoms with E-state index >= 15 is 0 Å². The average Bonchev–Trinajstić information content (AvgIpc) is 3.25. The SMILES string of the molecule is COCCO[C@@H]1[C@H](OC(=O)c2ccc(Cl)cc2Cl)[C@@H](COC(=O)c2ccc(Cl)cc2Cl)O[C@H]1n1cc(C)c(=O)[nH]c1=O. The molecular weight excluding hydrogens is 638 g/mol. The van der Waals surface area contributed by atoms with Gasteiger partial charge in [0.25, 0.3) is 5.56 Å². The first-order chi connectivity index (χ1) is 20.0. The number of H-pyrrole nitrogens is 1. The zero-order chi connectivity index (χ0) is 30.6. The number of nitrogens with one attached hydrogen (secondary N) is 1. The highest BCUT2D eigenvalue weighted by atomic mass is 35.5. The Morgan fingerprint density at radius 2 is 1.55 bits per heavy atom. The number of carbonyl (C=O) groups excluding carboxylic acids is 2. The monoisotopic (exact) mass is 660 g/mol. The number of aryl methyl sites for hydroxylation is 1. The third kappa shape index (κ3) is 7.35. The fourth-order valence-electron chi connectivity index (χ4n) is 4.16. The molecule has 0 radical (unpaired) electrons. The van der Waals surface area contributed by atoms with Gasteiger partial charge in [0, 0.05) is 28.9 Å². The summed E-state index contributed by atoms with van der Waals surface area (Å²) in [6.07, 6.45) is -3.44. The van der Waals surface area contributed by atoms with Gasteiger partial charge in [0.1, 0.15) is 18.8 Å². The van der Waals surface area contributed by atoms with Crippen LogP contribution in [0.1, 0.15) is 32.5 Å². The van der Waals surface area contributed by atoms with Crippen LogP contribution in [0.15, 0.2) is 52.2 Å². The first-order valence-corrected chi connectivity index (χ1v) is 13.9. The third-order valence-electron chi connectivity index (χ3n) is 6.23. The van der Waals surface area contributed by atoms with Crippen molar-refractivity contribution in [3.05, 3.63) is 100 Å². The number of ether oxygens (including phenoxy) is 5. The van der Waals surface area contributed by atoms with Crippen LogP contribution in [0.25, 0.3) is 0 Å². The fraction of sp³-hybridized carbons (Fsp3) is 0.333. The number of aromatic nitrogens is 2. The molecule has 1 saturated heterocycles. The number of methoxy groups -OCH3 is 1. The lowest BCUT2D eigenvalue weighted by Gasteiger charge is -2.25. The molecule has 1 N–H and O–H groups in total. The molecule has 0 saturated carbocycles. The molecule has 0 aliphatic carbocycles. The molecule has 1 aliphatic rings. The molecule has 1 aliphatic heterocycles. The largest absolute Gasteiger partial charge is 0.459 e. The summed E-state index contributed by atoms with van der Waals surface area (Å²) >= 11 is 24.3. The van der Waals surface area contributed by atoms with Crippen molar-refractivity contribution in [2.75, 3.05) is 26.9 Å². The molecule has 1 aromatic heterocycles. The molecule has 15 heteroatoms. The molecule has 2 aromatic carbocycles. The van der Waals surface area contributed by atoms with Crippen LogP contribution in [-0.4, -0.2) is 66.7 Å². The van der Waals surface area contributed by atoms with Gasteiger partial charge < -0.3 is 23.7 Å². The summed E-state index contributed by atoms with van der Waals surface area (Å²) in [4.78, 5) is 53.1. The first-order valence-electron chi connectivity index (χ1n) is 12.4. The Bertz CT molecular complexity index is 1590. The van der Waals surface area contributed by atoms with Crippen molar-refractivity contribution in [3.8, 4) is 0 Å². The Balaban J connectivity index is 1.69. The van der Waals surface area contributed by atoms with Gasteiger partial charge in [-0.3, -0.25) is 14.3 Å². The van der Waals surface area contributed by atoms with Gasteiger partial charge in [-0.2, -0.15) is 0 Å². The zero-order valence-electron chi connectivity index (χ0n) is 22.1. The average molecular weight is 662 g/mol. The van der Waals surface area contributed by atoms with E-state index in [0.717, 1.165) is 4.57 Å². The van der Waals surface area contributed by atoms with Crippen LogP contribution in [0.4, 0.5) is 0 Å². The van der Waals surface area contributed by atoms with E-state index in [-0.39, 0.29) is 39.9 Å². The van der Waals surface area contributed by atoms with E-state index in [9.17, 15) is 19.2 Å². The van der Waals surface area contributed by atoms with Crippen LogP contribution in [-0.2, 0) is 23.7 Å². The number of carbonyl (C=O) groups is 2. The molecule has 0 spiro atoms. The molecule has 4 rings (SSSR count). The maximum Gasteiger partial charge on any atom is 0.340 e. The Labute approximate surface area is 259 Å². The van der Waals surface area contributed by atoms with E-state index in [4.69, 9.17) is 70.1 Å². The van der Waals surface area contributed by atoms with Crippen LogP contribution in [0, 0.1) is 6.92 Å². The summed E-state index contributed by atoms with van der Waals surface area (Å²) in [7, 11) is 1.46. The van der Waals surface area contributed by atoms with Gasteiger partial charge in [0.05, 0.1) is 34.4 Å². The van der Waals surface area contributed by atoms with Crippen LogP contribution in [0.2, 0.25) is 20.1 Å². The van der Waals surface area contributed by atoms with E-state index in [1.54, 1.807) is 0 Å². The van der Waals surface area contributed by atoms with Crippen molar-refractivity contribution in [3.63, 3.8) is 0 Å². The number of esters is 2. The van der Waals surface area contributed by atoms with E-state index in [1.807, 2.05) is 0 Å². The highest BCUT2D eigenvalue weighted by Crippen LogP contribution is 2.35. The second-order valence-corrected chi connectivity index (χ2v) is 10.8. The van der Waals surface area contributed by atoms with Gasteiger partial charge in [-0.05, 0) is 43.3 Å². The molecule has 0 amide bonds. The van der Waals surface area contributed by atoms with Crippen molar-refractivity contribution in [1.82, 2.24) is 9.55 Å². The molecule has 3 aromatic rings. The predicted octanol–water partition coefficient (Wildman–Crippen LogP) is 4.47. The molecular formula is C27H24Cl4N2O9. The lowest BCUT2D eigenvalue weighted by molar-refractivity contribution is -0.0838. The van der Waals surface area contributed by atoms with Crippen molar-refractivity contribution < 1.29 is 33.3 Å². The van der Waals surface area contributed by atoms with Gasteiger partial charge >= 0.3 is 17.6 Å². The van der Waals surface area contributed by atoms with Gasteiger partial charge in [0.15, 0.2) is 12.3 Å². The van der Waals surface area contributed by atoms with E-state index < -0.39 is 54.3 Å². The number of halogens is 4. The number of benzene rings is 2. The van der Waals surface area contributed by atoms with Gasteiger partial charge in [-0.1, -0.05) is 46.4 Å². The number of nitrogens with zero attached hydrogens (tertiary/aromatic N) is 1. The maximum absolute atomic E-state index is 13.3. The van der Waals surface area contributed by atoms with Crippen molar-refractivity contribution in [1.29, 1.82) is 0 Å². The fourth-order valence-corrected chi connectivity index (χ4v) is 5.13. The summed E-state index contributed by atoms with van der Waals surface area (Å²) in [6.45, 7) is 1.23. The predicted molar refractivity (Wildman–Crippen MR) is 154 cm³/mol. The zero-order valence-corrected chi connectivity index (χ0v) is 25.1. The molecule has 224 valence electrons. The summed E-state index contributed by atoms with van der Waals surface area (Å²) in [5, 5.41) is 0.728. The topological polar surface area (TPSA) is 135 Å². The third-order valence-corrected chi connectivity index (χ3v) is 7.32. The summed E-state index contributed by atoms with van der Waals surface area (Å²) in [5.41, 5.74) is -1.13. The normalized spacial score (nSPS) is 20.0. The molecule has 4 atom stereocenters. The Kier molecular flexibility index (Phi) is 10.7. The van der Waals surface area contributed by atoms with E-state index in [0.29, 0.717) is 10.0 Å². The minimum absolute atomic E-state index is 0.000835. The van der Waals surface area contributed by atoms with Gasteiger partial charge in [-0.15, -0.1) is 0 Å². The molecule has 11 nitrogen and oxygen atoms in total. The van der Waals surface area contributed by atoms with Crippen LogP contribution in [0.3, 0.4) is 0 Å². The number of hydrogen-bond donors (Lipinski definition) is 1. The van der Waals surface area contributed by atoms with Crippen LogP contribution < -0.4 is 11.2 Å². The van der Waals surface area contributed by atoms with Gasteiger partial charge in [-0.25, -0.2) is 14.4 Å². The lowest BCUT2D eigenvalue weighted by Crippen LogP contribution is -2.42. The summed E-state index contributed by atoms with van der Waals surface area (Å²) in [5.74, 6) is -1.66. The van der Waals surface area contributed by atoms with E-state index in [2.05, 4.69) is 4.98 Å². The first kappa shape index (κ1) is 32.0. The number of hydrogen-bond acceptors (Lipinski definition) is 9. The quantitative estimate of drug-likeness (QED) is 0.247. The van der Waals surface area contributed by atoms with Crippen molar-refractivity contribution >= 4 is 58.3 Å².